The van der Waals surface area contributed by atoms with Gasteiger partial charge in [-0.2, -0.15) is 0 Å². The Bertz CT molecular complexity index is 401. The second-order valence-electron chi connectivity index (χ2n) is 5.60. The van der Waals surface area contributed by atoms with E-state index in [1.165, 1.54) is 0 Å². The van der Waals surface area contributed by atoms with Crippen molar-refractivity contribution in [3.8, 4) is 5.75 Å². The first-order valence-electron chi connectivity index (χ1n) is 6.99. The smallest absolute Gasteiger partial charge is 0.118 e. The van der Waals surface area contributed by atoms with Crippen molar-refractivity contribution >= 4 is 0 Å². The molecule has 19 heavy (non-hydrogen) atoms. The summed E-state index contributed by atoms with van der Waals surface area (Å²) >= 11 is 0. The number of benzene rings is 1. The minimum atomic E-state index is -0.358. The summed E-state index contributed by atoms with van der Waals surface area (Å²) in [5.74, 6) is 1.44. The third-order valence-electron chi connectivity index (χ3n) is 4.37. The summed E-state index contributed by atoms with van der Waals surface area (Å²) in [7, 11) is 1.66. The quantitative estimate of drug-likeness (QED) is 0.908. The van der Waals surface area contributed by atoms with Gasteiger partial charge < -0.3 is 14.6 Å². The van der Waals surface area contributed by atoms with E-state index in [4.69, 9.17) is 9.47 Å². The molecule has 0 radical (unpaired) electrons. The molecule has 1 aliphatic heterocycles. The SMILES string of the molecule is COc1ccc(CC(O)C2C(C)OC(C)C2C)cc1. The van der Waals surface area contributed by atoms with E-state index >= 15 is 0 Å². The Morgan fingerprint density at radius 3 is 2.26 bits per heavy atom. The highest BCUT2D eigenvalue weighted by atomic mass is 16.5. The average molecular weight is 264 g/mol. The van der Waals surface area contributed by atoms with E-state index in [0.717, 1.165) is 11.3 Å². The normalized spacial score (nSPS) is 32.3. The molecule has 5 atom stereocenters. The van der Waals surface area contributed by atoms with Crippen molar-refractivity contribution in [3.05, 3.63) is 29.8 Å². The highest BCUT2D eigenvalue weighted by molar-refractivity contribution is 5.27. The maximum Gasteiger partial charge on any atom is 0.118 e. The maximum atomic E-state index is 10.5. The van der Waals surface area contributed by atoms with E-state index < -0.39 is 0 Å². The molecule has 0 saturated carbocycles. The van der Waals surface area contributed by atoms with Crippen LogP contribution < -0.4 is 4.74 Å². The van der Waals surface area contributed by atoms with E-state index in [1.807, 2.05) is 24.3 Å². The summed E-state index contributed by atoms with van der Waals surface area (Å²) in [5.41, 5.74) is 1.13. The van der Waals surface area contributed by atoms with Crippen molar-refractivity contribution in [3.63, 3.8) is 0 Å². The monoisotopic (exact) mass is 264 g/mol. The molecule has 1 heterocycles. The predicted octanol–water partition coefficient (Wildman–Crippen LogP) is 2.66. The van der Waals surface area contributed by atoms with E-state index in [1.54, 1.807) is 7.11 Å². The Balaban J connectivity index is 2.01. The van der Waals surface area contributed by atoms with Gasteiger partial charge in [-0.05, 0) is 43.9 Å². The third-order valence-corrected chi connectivity index (χ3v) is 4.37. The Kier molecular flexibility index (Phi) is 4.48. The Labute approximate surface area is 115 Å². The van der Waals surface area contributed by atoms with Crippen LogP contribution in [0.4, 0.5) is 0 Å². The van der Waals surface area contributed by atoms with Gasteiger partial charge in [0, 0.05) is 5.92 Å². The van der Waals surface area contributed by atoms with Gasteiger partial charge >= 0.3 is 0 Å². The van der Waals surface area contributed by atoms with Crippen LogP contribution in [0.2, 0.25) is 0 Å². The van der Waals surface area contributed by atoms with Crippen LogP contribution in [0.5, 0.6) is 5.75 Å². The molecule has 0 amide bonds. The number of aliphatic hydroxyl groups is 1. The van der Waals surface area contributed by atoms with Crippen LogP contribution in [-0.4, -0.2) is 30.5 Å². The molecule has 5 unspecified atom stereocenters. The molecule has 1 saturated heterocycles. The molecule has 3 heteroatoms. The van der Waals surface area contributed by atoms with Gasteiger partial charge in [0.25, 0.3) is 0 Å². The lowest BCUT2D eigenvalue weighted by atomic mass is 9.83. The Morgan fingerprint density at radius 2 is 1.79 bits per heavy atom. The lowest BCUT2D eigenvalue weighted by molar-refractivity contribution is 0.0240. The highest BCUT2D eigenvalue weighted by Crippen LogP contribution is 2.35. The summed E-state index contributed by atoms with van der Waals surface area (Å²) in [6.45, 7) is 6.30. The second-order valence-corrected chi connectivity index (χ2v) is 5.60. The van der Waals surface area contributed by atoms with Crippen molar-refractivity contribution < 1.29 is 14.6 Å². The zero-order valence-electron chi connectivity index (χ0n) is 12.2. The molecule has 1 aromatic carbocycles. The molecule has 0 aromatic heterocycles. The third kappa shape index (κ3) is 3.10. The van der Waals surface area contributed by atoms with Crippen molar-refractivity contribution in [2.24, 2.45) is 11.8 Å². The number of aliphatic hydroxyl groups excluding tert-OH is 1. The van der Waals surface area contributed by atoms with Gasteiger partial charge in [-0.3, -0.25) is 0 Å². The molecule has 1 N–H and O–H groups in total. The minimum Gasteiger partial charge on any atom is -0.497 e. The fourth-order valence-electron chi connectivity index (χ4n) is 3.10. The van der Waals surface area contributed by atoms with Gasteiger partial charge in [-0.1, -0.05) is 19.1 Å². The molecule has 1 fully saturated rings. The van der Waals surface area contributed by atoms with Crippen LogP contribution in [0, 0.1) is 11.8 Å². The number of ether oxygens (including phenoxy) is 2. The average Bonchev–Trinajstić information content (AvgIpc) is 2.64. The molecule has 3 nitrogen and oxygen atoms in total. The van der Waals surface area contributed by atoms with Gasteiger partial charge in [-0.15, -0.1) is 0 Å². The van der Waals surface area contributed by atoms with Crippen LogP contribution in [0.15, 0.2) is 24.3 Å². The van der Waals surface area contributed by atoms with E-state index in [-0.39, 0.29) is 24.2 Å². The standard InChI is InChI=1S/C16H24O3/c1-10-11(2)19-12(3)16(10)15(17)9-13-5-7-14(18-4)8-6-13/h5-8,10-12,15-17H,9H2,1-4H3. The van der Waals surface area contributed by atoms with Gasteiger partial charge in [0.05, 0.1) is 25.4 Å². The zero-order valence-corrected chi connectivity index (χ0v) is 12.2. The first-order chi connectivity index (χ1) is 9.02. The summed E-state index contributed by atoms with van der Waals surface area (Å²) in [6.07, 6.45) is 0.659. The van der Waals surface area contributed by atoms with E-state index in [9.17, 15) is 5.11 Å². The zero-order chi connectivity index (χ0) is 14.0. The molecular formula is C16H24O3. The van der Waals surface area contributed by atoms with Gasteiger partial charge in [-0.25, -0.2) is 0 Å². The summed E-state index contributed by atoms with van der Waals surface area (Å²) in [5, 5.41) is 10.5. The topological polar surface area (TPSA) is 38.7 Å². The molecule has 1 aromatic rings. The fourth-order valence-corrected chi connectivity index (χ4v) is 3.10. The summed E-state index contributed by atoms with van der Waals surface area (Å²) < 4.78 is 10.9. The summed E-state index contributed by atoms with van der Waals surface area (Å²) in [4.78, 5) is 0. The lowest BCUT2D eigenvalue weighted by Crippen LogP contribution is -2.32. The lowest BCUT2D eigenvalue weighted by Gasteiger charge is -2.24. The highest BCUT2D eigenvalue weighted by Gasteiger charge is 2.40. The van der Waals surface area contributed by atoms with Gasteiger partial charge in [0.15, 0.2) is 0 Å². The van der Waals surface area contributed by atoms with Crippen LogP contribution in [-0.2, 0) is 11.2 Å². The largest absolute Gasteiger partial charge is 0.497 e. The number of rotatable bonds is 4. The van der Waals surface area contributed by atoms with Crippen molar-refractivity contribution in [2.45, 2.75) is 45.5 Å². The molecule has 0 bridgehead atoms. The van der Waals surface area contributed by atoms with Crippen LogP contribution >= 0.6 is 0 Å². The van der Waals surface area contributed by atoms with E-state index in [0.29, 0.717) is 12.3 Å². The fraction of sp³-hybridized carbons (Fsp3) is 0.625. The molecule has 2 rings (SSSR count). The van der Waals surface area contributed by atoms with Crippen LogP contribution in [0.1, 0.15) is 26.3 Å². The first kappa shape index (κ1) is 14.4. The van der Waals surface area contributed by atoms with Crippen LogP contribution in [0.3, 0.4) is 0 Å². The van der Waals surface area contributed by atoms with Crippen molar-refractivity contribution in [2.75, 3.05) is 7.11 Å². The number of methoxy groups -OCH3 is 1. The summed E-state index contributed by atoms with van der Waals surface area (Å²) in [6, 6.07) is 7.89. The molecule has 0 aliphatic carbocycles. The van der Waals surface area contributed by atoms with Gasteiger partial charge in [0.2, 0.25) is 0 Å². The maximum absolute atomic E-state index is 10.5. The Hall–Kier alpha value is -1.06. The molecule has 106 valence electrons. The van der Waals surface area contributed by atoms with Gasteiger partial charge in [0.1, 0.15) is 5.75 Å². The Morgan fingerprint density at radius 1 is 1.16 bits per heavy atom. The molecule has 1 aliphatic rings. The molecule has 0 spiro atoms. The number of hydrogen-bond acceptors (Lipinski definition) is 3. The second kappa shape index (κ2) is 5.93. The van der Waals surface area contributed by atoms with Crippen molar-refractivity contribution in [1.29, 1.82) is 0 Å². The van der Waals surface area contributed by atoms with Crippen LogP contribution in [0.25, 0.3) is 0 Å². The van der Waals surface area contributed by atoms with Crippen molar-refractivity contribution in [1.82, 2.24) is 0 Å². The first-order valence-corrected chi connectivity index (χ1v) is 6.99. The van der Waals surface area contributed by atoms with E-state index in [2.05, 4.69) is 20.8 Å². The number of hydrogen-bond donors (Lipinski definition) is 1. The predicted molar refractivity (Wildman–Crippen MR) is 75.4 cm³/mol. The minimum absolute atomic E-state index is 0.123. The molecular weight excluding hydrogens is 240 g/mol.